The number of carbonyl (C=O) groups is 2. The first-order chi connectivity index (χ1) is 12.9. The van der Waals surface area contributed by atoms with Crippen LogP contribution in [0.1, 0.15) is 21.6 Å². The summed E-state index contributed by atoms with van der Waals surface area (Å²) >= 11 is 7.16. The van der Waals surface area contributed by atoms with Crippen molar-refractivity contribution >= 4 is 45.6 Å². The predicted octanol–water partition coefficient (Wildman–Crippen LogP) is 3.23. The van der Waals surface area contributed by atoms with Crippen molar-refractivity contribution in [2.75, 3.05) is 10.6 Å². The van der Waals surface area contributed by atoms with Crippen LogP contribution >= 0.6 is 22.9 Å². The summed E-state index contributed by atoms with van der Waals surface area (Å²) in [7, 11) is 0. The topological polar surface area (TPSA) is 104 Å². The molecule has 0 unspecified atom stereocenters. The number of carbonyl (C=O) groups excluding carboxylic acids is 2. The third kappa shape index (κ3) is 5.02. The van der Waals surface area contributed by atoms with E-state index >= 15 is 0 Å². The Hall–Kier alpha value is -2.97. The SMILES string of the molecule is Cc1ccc(Cl)cc1NC(=O)Cc1csc(NC(=O)c2ccc(=O)[nH]c2)n1. The van der Waals surface area contributed by atoms with Gasteiger partial charge in [0.15, 0.2) is 5.13 Å². The molecular weight excluding hydrogens is 388 g/mol. The van der Waals surface area contributed by atoms with Crippen LogP contribution in [0.4, 0.5) is 10.8 Å². The van der Waals surface area contributed by atoms with Crippen molar-refractivity contribution in [3.05, 3.63) is 74.1 Å². The summed E-state index contributed by atoms with van der Waals surface area (Å²) in [4.78, 5) is 42.0. The number of halogens is 1. The van der Waals surface area contributed by atoms with Crippen molar-refractivity contribution in [2.45, 2.75) is 13.3 Å². The lowest BCUT2D eigenvalue weighted by atomic mass is 10.2. The molecule has 0 fully saturated rings. The number of nitrogens with zero attached hydrogens (tertiary/aromatic N) is 1. The zero-order chi connectivity index (χ0) is 19.4. The van der Waals surface area contributed by atoms with Gasteiger partial charge in [-0.1, -0.05) is 17.7 Å². The third-order valence-corrected chi connectivity index (χ3v) is 4.68. The van der Waals surface area contributed by atoms with E-state index in [4.69, 9.17) is 11.6 Å². The maximum Gasteiger partial charge on any atom is 0.258 e. The van der Waals surface area contributed by atoms with Crippen LogP contribution in [0, 0.1) is 6.92 Å². The molecule has 3 rings (SSSR count). The van der Waals surface area contributed by atoms with Gasteiger partial charge in [-0.15, -0.1) is 11.3 Å². The second-order valence-electron chi connectivity index (χ2n) is 5.72. The summed E-state index contributed by atoms with van der Waals surface area (Å²) in [6.45, 7) is 1.87. The molecule has 1 aromatic carbocycles. The number of hydrogen-bond donors (Lipinski definition) is 3. The van der Waals surface area contributed by atoms with Crippen molar-refractivity contribution in [2.24, 2.45) is 0 Å². The lowest BCUT2D eigenvalue weighted by Crippen LogP contribution is -2.16. The highest BCUT2D eigenvalue weighted by atomic mass is 35.5. The van der Waals surface area contributed by atoms with Gasteiger partial charge < -0.3 is 10.3 Å². The molecule has 0 spiro atoms. The molecule has 0 aliphatic rings. The van der Waals surface area contributed by atoms with Crippen molar-refractivity contribution in [1.29, 1.82) is 0 Å². The van der Waals surface area contributed by atoms with Crippen LogP contribution in [0.2, 0.25) is 5.02 Å². The Morgan fingerprint density at radius 2 is 2.04 bits per heavy atom. The molecule has 0 saturated carbocycles. The van der Waals surface area contributed by atoms with Gasteiger partial charge in [-0.05, 0) is 30.7 Å². The molecule has 3 aromatic rings. The van der Waals surface area contributed by atoms with E-state index in [1.807, 2.05) is 13.0 Å². The van der Waals surface area contributed by atoms with Gasteiger partial charge in [0.25, 0.3) is 5.91 Å². The van der Waals surface area contributed by atoms with Gasteiger partial charge in [-0.2, -0.15) is 0 Å². The minimum absolute atomic E-state index is 0.0664. The summed E-state index contributed by atoms with van der Waals surface area (Å²) in [5.74, 6) is -0.629. The van der Waals surface area contributed by atoms with E-state index < -0.39 is 5.91 Å². The zero-order valence-electron chi connectivity index (χ0n) is 14.2. The normalized spacial score (nSPS) is 10.4. The van der Waals surface area contributed by atoms with E-state index in [0.717, 1.165) is 5.56 Å². The number of anilines is 2. The van der Waals surface area contributed by atoms with Crippen LogP contribution in [0.15, 0.2) is 46.7 Å². The van der Waals surface area contributed by atoms with Crippen molar-refractivity contribution in [3.63, 3.8) is 0 Å². The Bertz CT molecular complexity index is 1040. The minimum Gasteiger partial charge on any atom is -0.328 e. The largest absolute Gasteiger partial charge is 0.328 e. The number of H-pyrrole nitrogens is 1. The fourth-order valence-electron chi connectivity index (χ4n) is 2.25. The van der Waals surface area contributed by atoms with Gasteiger partial charge in [0, 0.05) is 28.4 Å². The van der Waals surface area contributed by atoms with Gasteiger partial charge in [0.2, 0.25) is 11.5 Å². The summed E-state index contributed by atoms with van der Waals surface area (Å²) in [6, 6.07) is 7.95. The number of aryl methyl sites for hydroxylation is 1. The zero-order valence-corrected chi connectivity index (χ0v) is 15.8. The number of thiazole rings is 1. The molecule has 9 heteroatoms. The molecule has 0 bridgehead atoms. The first-order valence-electron chi connectivity index (χ1n) is 7.91. The van der Waals surface area contributed by atoms with Crippen LogP contribution < -0.4 is 16.2 Å². The summed E-state index contributed by atoms with van der Waals surface area (Å²) in [5, 5.41) is 8.04. The Kier molecular flexibility index (Phi) is 5.68. The van der Waals surface area contributed by atoms with Gasteiger partial charge in [0.05, 0.1) is 17.7 Å². The number of rotatable bonds is 5. The van der Waals surface area contributed by atoms with Crippen LogP contribution in [0.3, 0.4) is 0 Å². The predicted molar refractivity (Wildman–Crippen MR) is 106 cm³/mol. The number of nitrogens with one attached hydrogen (secondary N) is 3. The first-order valence-corrected chi connectivity index (χ1v) is 9.17. The molecule has 2 aromatic heterocycles. The molecule has 0 saturated heterocycles. The Morgan fingerprint density at radius 3 is 2.78 bits per heavy atom. The van der Waals surface area contributed by atoms with Gasteiger partial charge >= 0.3 is 0 Å². The number of aromatic nitrogens is 2. The summed E-state index contributed by atoms with van der Waals surface area (Å²) < 4.78 is 0. The highest BCUT2D eigenvalue weighted by molar-refractivity contribution is 7.14. The monoisotopic (exact) mass is 402 g/mol. The van der Waals surface area contributed by atoms with Crippen molar-refractivity contribution in [3.8, 4) is 0 Å². The van der Waals surface area contributed by atoms with E-state index in [-0.39, 0.29) is 17.9 Å². The van der Waals surface area contributed by atoms with Gasteiger partial charge in [-0.25, -0.2) is 4.98 Å². The second-order valence-corrected chi connectivity index (χ2v) is 7.02. The molecule has 2 amide bonds. The maximum atomic E-state index is 12.2. The quantitative estimate of drug-likeness (QED) is 0.609. The average Bonchev–Trinajstić information content (AvgIpc) is 3.05. The molecule has 138 valence electrons. The van der Waals surface area contributed by atoms with Crippen LogP contribution in [-0.2, 0) is 11.2 Å². The molecule has 2 heterocycles. The van der Waals surface area contributed by atoms with E-state index in [1.165, 1.54) is 29.7 Å². The lowest BCUT2D eigenvalue weighted by molar-refractivity contribution is -0.115. The third-order valence-electron chi connectivity index (χ3n) is 3.63. The number of benzene rings is 1. The fraction of sp³-hybridized carbons (Fsp3) is 0.111. The number of amides is 2. The fourth-order valence-corrected chi connectivity index (χ4v) is 3.13. The standard InChI is InChI=1S/C18H15ClN4O3S/c1-10-2-4-12(19)6-14(10)22-16(25)7-13-9-27-18(21-13)23-17(26)11-3-5-15(24)20-8-11/h2-6,8-9H,7H2,1H3,(H,20,24)(H,22,25)(H,21,23,26). The molecule has 0 aliphatic carbocycles. The molecule has 0 radical (unpaired) electrons. The Labute approximate surface area is 163 Å². The van der Waals surface area contributed by atoms with E-state index in [0.29, 0.717) is 27.1 Å². The summed E-state index contributed by atoms with van der Waals surface area (Å²) in [6.07, 6.45) is 1.39. The second kappa shape index (κ2) is 8.15. The van der Waals surface area contributed by atoms with Crippen LogP contribution in [0.5, 0.6) is 0 Å². The minimum atomic E-state index is -0.397. The smallest absolute Gasteiger partial charge is 0.258 e. The highest BCUT2D eigenvalue weighted by Crippen LogP contribution is 2.21. The first kappa shape index (κ1) is 18.8. The Morgan fingerprint density at radius 1 is 1.22 bits per heavy atom. The van der Waals surface area contributed by atoms with Crippen LogP contribution in [-0.4, -0.2) is 21.8 Å². The van der Waals surface area contributed by atoms with Gasteiger partial charge in [0.1, 0.15) is 0 Å². The maximum absolute atomic E-state index is 12.2. The molecule has 27 heavy (non-hydrogen) atoms. The number of pyridine rings is 1. The average molecular weight is 403 g/mol. The number of hydrogen-bond acceptors (Lipinski definition) is 5. The van der Waals surface area contributed by atoms with Gasteiger partial charge in [-0.3, -0.25) is 19.7 Å². The molecule has 0 atom stereocenters. The van der Waals surface area contributed by atoms with Crippen LogP contribution in [0.25, 0.3) is 0 Å². The molecular formula is C18H15ClN4O3S. The van der Waals surface area contributed by atoms with Crippen molar-refractivity contribution < 1.29 is 9.59 Å². The van der Waals surface area contributed by atoms with E-state index in [9.17, 15) is 14.4 Å². The molecule has 7 nitrogen and oxygen atoms in total. The molecule has 3 N–H and O–H groups in total. The van der Waals surface area contributed by atoms with E-state index in [1.54, 1.807) is 17.5 Å². The summed E-state index contributed by atoms with van der Waals surface area (Å²) in [5.41, 5.74) is 2.10. The Balaban J connectivity index is 1.61. The highest BCUT2D eigenvalue weighted by Gasteiger charge is 2.12. The number of aromatic amines is 1. The van der Waals surface area contributed by atoms with Crippen molar-refractivity contribution in [1.82, 2.24) is 9.97 Å². The van der Waals surface area contributed by atoms with E-state index in [2.05, 4.69) is 20.6 Å². The lowest BCUT2D eigenvalue weighted by Gasteiger charge is -2.08. The molecule has 0 aliphatic heterocycles.